The van der Waals surface area contributed by atoms with Gasteiger partial charge in [0.05, 0.1) is 19.3 Å². The summed E-state index contributed by atoms with van der Waals surface area (Å²) in [7, 11) is 0. The molecule has 0 bridgehead atoms. The van der Waals surface area contributed by atoms with Crippen molar-refractivity contribution in [1.29, 1.82) is 0 Å². The lowest BCUT2D eigenvalue weighted by Gasteiger charge is -2.23. The Hall–Kier alpha value is -2.86. The maximum absolute atomic E-state index is 12.2. The van der Waals surface area contributed by atoms with Crippen molar-refractivity contribution in [2.75, 3.05) is 6.61 Å². The predicted molar refractivity (Wildman–Crippen MR) is 98.8 cm³/mol. The van der Waals surface area contributed by atoms with Gasteiger partial charge in [0.25, 0.3) is 0 Å². The van der Waals surface area contributed by atoms with Gasteiger partial charge in [0.15, 0.2) is 0 Å². The average molecular weight is 369 g/mol. The van der Waals surface area contributed by atoms with Crippen molar-refractivity contribution in [3.8, 4) is 0 Å². The third-order valence-electron chi connectivity index (χ3n) is 4.29. The molecule has 142 valence electrons. The van der Waals surface area contributed by atoms with E-state index in [9.17, 15) is 9.59 Å². The highest BCUT2D eigenvalue weighted by Gasteiger charge is 2.32. The molecule has 1 N–H and O–H groups in total. The molecule has 1 aliphatic rings. The number of esters is 1. The maximum atomic E-state index is 12.2. The van der Waals surface area contributed by atoms with Gasteiger partial charge in [-0.1, -0.05) is 60.7 Å². The number of rotatable bonds is 8. The van der Waals surface area contributed by atoms with Crippen LogP contribution in [0.15, 0.2) is 60.7 Å². The first kappa shape index (κ1) is 18.9. The molecule has 0 saturated carbocycles. The van der Waals surface area contributed by atoms with Crippen LogP contribution in [-0.2, 0) is 32.2 Å². The minimum atomic E-state index is -0.560. The van der Waals surface area contributed by atoms with Gasteiger partial charge in [0, 0.05) is 6.42 Å². The monoisotopic (exact) mass is 369 g/mol. The average Bonchev–Trinajstić information content (AvgIpc) is 3.13. The Labute approximate surface area is 158 Å². The van der Waals surface area contributed by atoms with Crippen LogP contribution in [-0.4, -0.2) is 30.8 Å². The molecule has 6 nitrogen and oxygen atoms in total. The van der Waals surface area contributed by atoms with Crippen molar-refractivity contribution in [2.24, 2.45) is 0 Å². The van der Waals surface area contributed by atoms with E-state index >= 15 is 0 Å². The number of cyclic esters (lactones) is 1. The summed E-state index contributed by atoms with van der Waals surface area (Å²) >= 11 is 0. The molecule has 6 heteroatoms. The lowest BCUT2D eigenvalue weighted by molar-refractivity contribution is -0.143. The summed E-state index contributed by atoms with van der Waals surface area (Å²) in [6.45, 7) is 0.820. The molecular formula is C21H23NO5. The Bertz CT molecular complexity index is 735. The molecule has 1 amide bonds. The molecule has 2 aromatic carbocycles. The van der Waals surface area contributed by atoms with Crippen molar-refractivity contribution in [2.45, 2.75) is 38.2 Å². The molecule has 0 radical (unpaired) electrons. The van der Waals surface area contributed by atoms with Crippen molar-refractivity contribution >= 4 is 12.1 Å². The number of carbonyl (C=O) groups is 2. The quantitative estimate of drug-likeness (QED) is 0.724. The summed E-state index contributed by atoms with van der Waals surface area (Å²) in [6, 6.07) is 18.7. The SMILES string of the molecule is O=C1CC[C@@H]([C@@H](COCc2ccccc2)NC(=O)OCc2ccccc2)O1. The zero-order valence-corrected chi connectivity index (χ0v) is 15.0. The van der Waals surface area contributed by atoms with E-state index in [2.05, 4.69) is 5.32 Å². The van der Waals surface area contributed by atoms with Crippen molar-refractivity contribution in [1.82, 2.24) is 5.32 Å². The van der Waals surface area contributed by atoms with Crippen LogP contribution >= 0.6 is 0 Å². The topological polar surface area (TPSA) is 73.9 Å². The van der Waals surface area contributed by atoms with E-state index in [0.29, 0.717) is 19.4 Å². The van der Waals surface area contributed by atoms with Gasteiger partial charge < -0.3 is 19.5 Å². The van der Waals surface area contributed by atoms with Gasteiger partial charge in [0.1, 0.15) is 12.7 Å². The Morgan fingerprint density at radius 2 is 1.67 bits per heavy atom. The summed E-state index contributed by atoms with van der Waals surface area (Å²) in [6.07, 6.45) is -0.0646. The molecule has 0 spiro atoms. The summed E-state index contributed by atoms with van der Waals surface area (Å²) in [5.74, 6) is -0.257. The first-order chi connectivity index (χ1) is 13.2. The van der Waals surface area contributed by atoms with Gasteiger partial charge in [-0.25, -0.2) is 4.79 Å². The Morgan fingerprint density at radius 3 is 2.26 bits per heavy atom. The molecule has 27 heavy (non-hydrogen) atoms. The lowest BCUT2D eigenvalue weighted by Crippen LogP contribution is -2.46. The summed E-state index contributed by atoms with van der Waals surface area (Å²) in [4.78, 5) is 23.6. The number of alkyl carbamates (subject to hydrolysis) is 1. The molecule has 0 aromatic heterocycles. The Kier molecular flexibility index (Phi) is 6.82. The standard InChI is InChI=1S/C21H23NO5/c23-20-12-11-19(27-20)18(15-25-13-16-7-3-1-4-8-16)22-21(24)26-14-17-9-5-2-6-10-17/h1-10,18-19H,11-15H2,(H,22,24)/t18-,19+/m1/s1. The fraction of sp³-hybridized carbons (Fsp3) is 0.333. The highest BCUT2D eigenvalue weighted by Crippen LogP contribution is 2.18. The summed E-state index contributed by atoms with van der Waals surface area (Å²) in [5.41, 5.74) is 1.93. The minimum Gasteiger partial charge on any atom is -0.460 e. The third kappa shape index (κ3) is 6.11. The second kappa shape index (κ2) is 9.73. The van der Waals surface area contributed by atoms with E-state index in [4.69, 9.17) is 14.2 Å². The molecule has 1 aliphatic heterocycles. The third-order valence-corrected chi connectivity index (χ3v) is 4.29. The Balaban J connectivity index is 1.51. The van der Waals surface area contributed by atoms with E-state index in [-0.39, 0.29) is 19.2 Å². The maximum Gasteiger partial charge on any atom is 0.407 e. The zero-order chi connectivity index (χ0) is 18.9. The fourth-order valence-corrected chi connectivity index (χ4v) is 2.87. The van der Waals surface area contributed by atoms with Crippen LogP contribution in [0.5, 0.6) is 0 Å². The first-order valence-electron chi connectivity index (χ1n) is 8.99. The van der Waals surface area contributed by atoms with Gasteiger partial charge in [0.2, 0.25) is 0 Å². The van der Waals surface area contributed by atoms with Crippen LogP contribution in [0.1, 0.15) is 24.0 Å². The zero-order valence-electron chi connectivity index (χ0n) is 15.0. The number of hydrogen-bond donors (Lipinski definition) is 1. The van der Waals surface area contributed by atoms with Crippen LogP contribution in [0.25, 0.3) is 0 Å². The predicted octanol–water partition coefficient (Wildman–Crippen LogP) is 3.20. The van der Waals surface area contributed by atoms with Gasteiger partial charge in [-0.2, -0.15) is 0 Å². The van der Waals surface area contributed by atoms with Crippen molar-refractivity contribution < 1.29 is 23.8 Å². The van der Waals surface area contributed by atoms with E-state index < -0.39 is 18.2 Å². The molecule has 1 fully saturated rings. The number of nitrogens with one attached hydrogen (secondary N) is 1. The molecule has 1 saturated heterocycles. The highest BCUT2D eigenvalue weighted by atomic mass is 16.6. The van der Waals surface area contributed by atoms with Crippen molar-refractivity contribution in [3.63, 3.8) is 0 Å². The first-order valence-corrected chi connectivity index (χ1v) is 8.99. The van der Waals surface area contributed by atoms with Crippen LogP contribution < -0.4 is 5.32 Å². The minimum absolute atomic E-state index is 0.175. The molecule has 3 rings (SSSR count). The number of ether oxygens (including phenoxy) is 3. The van der Waals surface area contributed by atoms with Crippen LogP contribution in [0.3, 0.4) is 0 Å². The number of carbonyl (C=O) groups excluding carboxylic acids is 2. The normalized spacial score (nSPS) is 17.2. The van der Waals surface area contributed by atoms with Gasteiger partial charge in [-0.05, 0) is 17.5 Å². The number of hydrogen-bond acceptors (Lipinski definition) is 5. The molecule has 2 atom stereocenters. The fourth-order valence-electron chi connectivity index (χ4n) is 2.87. The van der Waals surface area contributed by atoms with E-state index in [0.717, 1.165) is 11.1 Å². The lowest BCUT2D eigenvalue weighted by atomic mass is 10.1. The largest absolute Gasteiger partial charge is 0.460 e. The van der Waals surface area contributed by atoms with Gasteiger partial charge in [-0.3, -0.25) is 4.79 Å². The van der Waals surface area contributed by atoms with Crippen LogP contribution in [0, 0.1) is 0 Å². The van der Waals surface area contributed by atoms with Gasteiger partial charge >= 0.3 is 12.1 Å². The summed E-state index contributed by atoms with van der Waals surface area (Å²) < 4.78 is 16.3. The van der Waals surface area contributed by atoms with Crippen LogP contribution in [0.2, 0.25) is 0 Å². The highest BCUT2D eigenvalue weighted by molar-refractivity contribution is 5.72. The van der Waals surface area contributed by atoms with E-state index in [1.807, 2.05) is 60.7 Å². The number of benzene rings is 2. The second-order valence-electron chi connectivity index (χ2n) is 6.38. The van der Waals surface area contributed by atoms with Crippen molar-refractivity contribution in [3.05, 3.63) is 71.8 Å². The van der Waals surface area contributed by atoms with Crippen LogP contribution in [0.4, 0.5) is 4.79 Å². The second-order valence-corrected chi connectivity index (χ2v) is 6.38. The Morgan fingerprint density at radius 1 is 1.04 bits per heavy atom. The molecule has 0 aliphatic carbocycles. The molecule has 2 aromatic rings. The van der Waals surface area contributed by atoms with E-state index in [1.165, 1.54) is 0 Å². The smallest absolute Gasteiger partial charge is 0.407 e. The molecular weight excluding hydrogens is 346 g/mol. The number of amides is 1. The summed E-state index contributed by atoms with van der Waals surface area (Å²) in [5, 5.41) is 2.77. The molecule has 1 heterocycles. The van der Waals surface area contributed by atoms with Gasteiger partial charge in [-0.15, -0.1) is 0 Å². The van der Waals surface area contributed by atoms with E-state index in [1.54, 1.807) is 0 Å². The molecule has 0 unspecified atom stereocenters.